The number of rotatable bonds is 2. The van der Waals surface area contributed by atoms with Crippen LogP contribution in [0, 0.1) is 0 Å². The minimum Gasteiger partial charge on any atom is -0.292 e. The molecule has 22 heavy (non-hydrogen) atoms. The minimum absolute atomic E-state index is 0.109. The molecule has 0 aliphatic heterocycles. The number of Topliss-reactive ketones (excluding diaryl/α,β-unsaturated/α-hetero) is 1. The summed E-state index contributed by atoms with van der Waals surface area (Å²) in [7, 11) is 0. The number of fused-ring (bicyclic) bond motifs is 2. The standard InChI is InChI=1S/C20H15NO/c22-19-11-10-15(12-14-6-2-1-3-7-14)17-13-16-8-4-5-9-18(16)21-20(17)19/h1-10,13H,11-12H2. The average molecular weight is 285 g/mol. The normalized spacial score (nSPS) is 13.8. The fourth-order valence-corrected chi connectivity index (χ4v) is 2.98. The van der Waals surface area contributed by atoms with Crippen molar-refractivity contribution in [2.24, 2.45) is 0 Å². The second-order valence-corrected chi connectivity index (χ2v) is 5.60. The van der Waals surface area contributed by atoms with Crippen LogP contribution < -0.4 is 0 Å². The lowest BCUT2D eigenvalue weighted by Crippen LogP contribution is -2.11. The molecule has 0 amide bonds. The van der Waals surface area contributed by atoms with Gasteiger partial charge < -0.3 is 0 Å². The molecule has 2 nitrogen and oxygen atoms in total. The Morgan fingerprint density at radius 3 is 2.59 bits per heavy atom. The van der Waals surface area contributed by atoms with Gasteiger partial charge in [-0.05, 0) is 29.7 Å². The summed E-state index contributed by atoms with van der Waals surface area (Å²) in [6.45, 7) is 0. The summed E-state index contributed by atoms with van der Waals surface area (Å²) in [5, 5.41) is 1.08. The van der Waals surface area contributed by atoms with Gasteiger partial charge >= 0.3 is 0 Å². The Morgan fingerprint density at radius 2 is 1.73 bits per heavy atom. The van der Waals surface area contributed by atoms with Crippen LogP contribution in [0.25, 0.3) is 16.5 Å². The van der Waals surface area contributed by atoms with Crippen LogP contribution in [0.3, 0.4) is 0 Å². The largest absolute Gasteiger partial charge is 0.292 e. The zero-order valence-corrected chi connectivity index (χ0v) is 12.1. The van der Waals surface area contributed by atoms with Crippen molar-refractivity contribution in [3.8, 4) is 0 Å². The zero-order chi connectivity index (χ0) is 14.9. The first kappa shape index (κ1) is 13.0. The molecule has 0 N–H and O–H groups in total. The van der Waals surface area contributed by atoms with Crippen LogP contribution >= 0.6 is 0 Å². The minimum atomic E-state index is 0.109. The molecule has 0 radical (unpaired) electrons. The highest BCUT2D eigenvalue weighted by molar-refractivity contribution is 6.05. The summed E-state index contributed by atoms with van der Waals surface area (Å²) in [6.07, 6.45) is 3.33. The third-order valence-electron chi connectivity index (χ3n) is 4.11. The summed E-state index contributed by atoms with van der Waals surface area (Å²) in [6, 6.07) is 20.4. The average Bonchev–Trinajstić information content (AvgIpc) is 2.57. The number of allylic oxidation sites excluding steroid dienone is 2. The van der Waals surface area contributed by atoms with E-state index in [1.807, 2.05) is 48.5 Å². The predicted molar refractivity (Wildman–Crippen MR) is 88.8 cm³/mol. The molecule has 0 atom stereocenters. The summed E-state index contributed by atoms with van der Waals surface area (Å²) in [4.78, 5) is 16.8. The molecule has 3 aromatic rings. The molecule has 1 aromatic heterocycles. The van der Waals surface area contributed by atoms with E-state index in [4.69, 9.17) is 0 Å². The van der Waals surface area contributed by atoms with Crippen molar-refractivity contribution in [1.29, 1.82) is 0 Å². The van der Waals surface area contributed by atoms with Crippen LogP contribution in [0.1, 0.15) is 28.0 Å². The second-order valence-electron chi connectivity index (χ2n) is 5.60. The predicted octanol–water partition coefficient (Wildman–Crippen LogP) is 4.45. The van der Waals surface area contributed by atoms with Crippen molar-refractivity contribution in [3.63, 3.8) is 0 Å². The van der Waals surface area contributed by atoms with Crippen LogP contribution in [-0.4, -0.2) is 10.8 Å². The second kappa shape index (κ2) is 5.23. The number of hydrogen-bond acceptors (Lipinski definition) is 2. The van der Waals surface area contributed by atoms with Gasteiger partial charge in [0.05, 0.1) is 5.52 Å². The topological polar surface area (TPSA) is 30.0 Å². The van der Waals surface area contributed by atoms with Crippen molar-refractivity contribution in [2.75, 3.05) is 0 Å². The van der Waals surface area contributed by atoms with Crippen molar-refractivity contribution in [3.05, 3.63) is 83.6 Å². The van der Waals surface area contributed by atoms with Crippen LogP contribution in [0.4, 0.5) is 0 Å². The van der Waals surface area contributed by atoms with Gasteiger partial charge in [0.1, 0.15) is 5.69 Å². The lowest BCUT2D eigenvalue weighted by atomic mass is 9.89. The number of para-hydroxylation sites is 1. The quantitative estimate of drug-likeness (QED) is 0.696. The lowest BCUT2D eigenvalue weighted by Gasteiger charge is -2.17. The molecule has 1 aliphatic carbocycles. The maximum absolute atomic E-state index is 12.2. The summed E-state index contributed by atoms with van der Waals surface area (Å²) >= 11 is 0. The van der Waals surface area contributed by atoms with Gasteiger partial charge in [-0.15, -0.1) is 0 Å². The number of carbonyl (C=O) groups excluding carboxylic acids is 1. The molecule has 0 unspecified atom stereocenters. The van der Waals surface area contributed by atoms with Gasteiger partial charge in [-0.1, -0.05) is 54.6 Å². The van der Waals surface area contributed by atoms with Crippen LogP contribution in [-0.2, 0) is 6.42 Å². The van der Waals surface area contributed by atoms with E-state index in [9.17, 15) is 4.79 Å². The van der Waals surface area contributed by atoms with Crippen molar-refractivity contribution >= 4 is 22.3 Å². The molecule has 0 bridgehead atoms. The highest BCUT2D eigenvalue weighted by Crippen LogP contribution is 2.30. The van der Waals surface area contributed by atoms with E-state index in [0.717, 1.165) is 22.9 Å². The molecule has 0 fully saturated rings. The number of nitrogens with zero attached hydrogens (tertiary/aromatic N) is 1. The highest BCUT2D eigenvalue weighted by atomic mass is 16.1. The Morgan fingerprint density at radius 1 is 0.955 bits per heavy atom. The van der Waals surface area contributed by atoms with Gasteiger partial charge in [0, 0.05) is 17.4 Å². The first-order valence-electron chi connectivity index (χ1n) is 7.47. The van der Waals surface area contributed by atoms with E-state index in [1.165, 1.54) is 11.1 Å². The number of pyridine rings is 1. The van der Waals surface area contributed by atoms with E-state index in [2.05, 4.69) is 23.2 Å². The Kier molecular flexibility index (Phi) is 3.08. The molecule has 0 saturated heterocycles. The Labute approximate surface area is 129 Å². The number of benzene rings is 2. The fourth-order valence-electron chi connectivity index (χ4n) is 2.98. The summed E-state index contributed by atoms with van der Waals surface area (Å²) in [5.74, 6) is 0.109. The Bertz CT molecular complexity index is 894. The molecule has 1 heterocycles. The first-order valence-corrected chi connectivity index (χ1v) is 7.47. The van der Waals surface area contributed by atoms with E-state index in [-0.39, 0.29) is 5.78 Å². The monoisotopic (exact) mass is 285 g/mol. The molecular weight excluding hydrogens is 270 g/mol. The third-order valence-corrected chi connectivity index (χ3v) is 4.11. The highest BCUT2D eigenvalue weighted by Gasteiger charge is 2.21. The van der Waals surface area contributed by atoms with E-state index in [0.29, 0.717) is 12.1 Å². The number of carbonyl (C=O) groups is 1. The zero-order valence-electron chi connectivity index (χ0n) is 12.1. The molecule has 4 rings (SSSR count). The molecule has 0 spiro atoms. The van der Waals surface area contributed by atoms with Gasteiger partial charge in [0.15, 0.2) is 5.78 Å². The molecule has 2 aromatic carbocycles. The van der Waals surface area contributed by atoms with E-state index in [1.54, 1.807) is 0 Å². The summed E-state index contributed by atoms with van der Waals surface area (Å²) < 4.78 is 0. The van der Waals surface area contributed by atoms with E-state index >= 15 is 0 Å². The van der Waals surface area contributed by atoms with Crippen molar-refractivity contribution < 1.29 is 4.79 Å². The molecule has 2 heteroatoms. The first-order chi connectivity index (χ1) is 10.8. The maximum Gasteiger partial charge on any atom is 0.185 e. The number of hydrogen-bond donors (Lipinski definition) is 0. The lowest BCUT2D eigenvalue weighted by molar-refractivity contribution is 0.0989. The van der Waals surface area contributed by atoms with Crippen LogP contribution in [0.2, 0.25) is 0 Å². The van der Waals surface area contributed by atoms with Gasteiger partial charge in [-0.3, -0.25) is 4.79 Å². The Balaban J connectivity index is 1.83. The van der Waals surface area contributed by atoms with Gasteiger partial charge in [-0.25, -0.2) is 4.98 Å². The molecular formula is C20H15NO. The number of aromatic nitrogens is 1. The fraction of sp³-hybridized carbons (Fsp3) is 0.100. The van der Waals surface area contributed by atoms with Crippen LogP contribution in [0.15, 0.2) is 66.7 Å². The molecule has 1 aliphatic rings. The smallest absolute Gasteiger partial charge is 0.185 e. The van der Waals surface area contributed by atoms with E-state index < -0.39 is 0 Å². The van der Waals surface area contributed by atoms with Crippen molar-refractivity contribution in [2.45, 2.75) is 12.8 Å². The SMILES string of the molecule is O=C1CC=C(Cc2ccccc2)c2cc3ccccc3nc21. The van der Waals surface area contributed by atoms with Crippen molar-refractivity contribution in [1.82, 2.24) is 4.98 Å². The van der Waals surface area contributed by atoms with Gasteiger partial charge in [0.25, 0.3) is 0 Å². The molecule has 106 valence electrons. The van der Waals surface area contributed by atoms with Crippen LogP contribution in [0.5, 0.6) is 0 Å². The van der Waals surface area contributed by atoms with Gasteiger partial charge in [0.2, 0.25) is 0 Å². The molecule has 0 saturated carbocycles. The maximum atomic E-state index is 12.2. The van der Waals surface area contributed by atoms with Gasteiger partial charge in [-0.2, -0.15) is 0 Å². The number of ketones is 1. The third kappa shape index (κ3) is 2.23. The summed E-state index contributed by atoms with van der Waals surface area (Å²) in [5.41, 5.74) is 4.93. The Hall–Kier alpha value is -2.74.